The Morgan fingerprint density at radius 2 is 1.53 bits per heavy atom. The van der Waals surface area contributed by atoms with E-state index in [1.807, 2.05) is 42.5 Å². The number of aliphatic imine (C=N–C) groups is 1. The number of amidine groups is 1. The quantitative estimate of drug-likeness (QED) is 0.342. The lowest BCUT2D eigenvalue weighted by Gasteiger charge is -2.28. The van der Waals surface area contributed by atoms with Crippen molar-refractivity contribution in [2.75, 3.05) is 0 Å². The topological polar surface area (TPSA) is 61.7 Å². The second-order valence-corrected chi connectivity index (χ2v) is 11.7. The molecule has 1 fully saturated rings. The average Bonchev–Trinajstić information content (AvgIpc) is 2.95. The van der Waals surface area contributed by atoms with Crippen LogP contribution in [-0.2, 0) is 15.6 Å². The number of nitrogens with zero attached hydrogens (tertiary/aromatic N) is 1. The zero-order chi connectivity index (χ0) is 22.3. The molecule has 0 spiro atoms. The predicted octanol–water partition coefficient (Wildman–Crippen LogP) is 6.48. The molecule has 30 heavy (non-hydrogen) atoms. The molecule has 0 aliphatic carbocycles. The Labute approximate surface area is 196 Å². The third-order valence-corrected chi connectivity index (χ3v) is 6.38. The zero-order valence-corrected chi connectivity index (χ0v) is 21.1. The summed E-state index contributed by atoms with van der Waals surface area (Å²) in [6, 6.07) is 11.8. The van der Waals surface area contributed by atoms with E-state index in [1.165, 1.54) is 11.8 Å². The lowest BCUT2D eigenvalue weighted by atomic mass is 9.78. The summed E-state index contributed by atoms with van der Waals surface area (Å²) in [4.78, 5) is 17.7. The first-order chi connectivity index (χ1) is 13.8. The van der Waals surface area contributed by atoms with Gasteiger partial charge >= 0.3 is 0 Å². The van der Waals surface area contributed by atoms with Crippen LogP contribution >= 0.6 is 34.4 Å². The summed E-state index contributed by atoms with van der Waals surface area (Å²) >= 11 is 3.58. The molecule has 0 saturated carbocycles. The third-order valence-electron chi connectivity index (χ3n) is 4.75. The molecule has 1 aliphatic heterocycles. The molecule has 0 aromatic heterocycles. The highest BCUT2D eigenvalue weighted by atomic mass is 127. The first-order valence-electron chi connectivity index (χ1n) is 9.78. The van der Waals surface area contributed by atoms with Gasteiger partial charge in [-0.3, -0.25) is 4.79 Å². The maximum absolute atomic E-state index is 12.5. The van der Waals surface area contributed by atoms with Crippen LogP contribution < -0.4 is 5.32 Å². The molecule has 1 saturated heterocycles. The number of phenolic OH excluding ortho intramolecular Hbond substituents is 1. The lowest BCUT2D eigenvalue weighted by molar-refractivity contribution is -0.115. The number of hydrogen-bond donors (Lipinski definition) is 2. The van der Waals surface area contributed by atoms with Crippen LogP contribution in [0.25, 0.3) is 6.08 Å². The minimum absolute atomic E-state index is 0.160. The number of carbonyl (C=O) groups is 1. The van der Waals surface area contributed by atoms with E-state index in [1.54, 1.807) is 0 Å². The first-order valence-corrected chi connectivity index (χ1v) is 11.7. The molecule has 0 atom stereocenters. The van der Waals surface area contributed by atoms with Gasteiger partial charge in [0.25, 0.3) is 5.91 Å². The Balaban J connectivity index is 2.00. The highest BCUT2D eigenvalue weighted by molar-refractivity contribution is 14.1. The number of phenols is 1. The maximum Gasteiger partial charge on any atom is 0.264 e. The molecule has 2 N–H and O–H groups in total. The van der Waals surface area contributed by atoms with Crippen molar-refractivity contribution >= 4 is 57.2 Å². The van der Waals surface area contributed by atoms with E-state index in [4.69, 9.17) is 0 Å². The van der Waals surface area contributed by atoms with Gasteiger partial charge in [0.15, 0.2) is 5.17 Å². The van der Waals surface area contributed by atoms with Crippen molar-refractivity contribution < 1.29 is 9.90 Å². The molecule has 1 heterocycles. The van der Waals surface area contributed by atoms with Crippen molar-refractivity contribution in [1.29, 1.82) is 0 Å². The average molecular weight is 534 g/mol. The second kappa shape index (κ2) is 8.38. The number of nitrogens with one attached hydrogen (secondary N) is 1. The summed E-state index contributed by atoms with van der Waals surface area (Å²) in [6.07, 6.45) is 1.88. The molecule has 0 bridgehead atoms. The van der Waals surface area contributed by atoms with Crippen molar-refractivity contribution in [3.63, 3.8) is 0 Å². The van der Waals surface area contributed by atoms with Crippen LogP contribution in [0.1, 0.15) is 58.2 Å². The normalized spacial score (nSPS) is 17.6. The minimum atomic E-state index is -0.221. The molecular formula is C24H27IN2O2S. The van der Waals surface area contributed by atoms with E-state index in [-0.39, 0.29) is 16.7 Å². The molecule has 0 unspecified atom stereocenters. The number of aromatic hydroxyl groups is 1. The second-order valence-electron chi connectivity index (χ2n) is 9.42. The predicted molar refractivity (Wildman–Crippen MR) is 135 cm³/mol. The number of thioether (sulfide) groups is 1. The Morgan fingerprint density at radius 3 is 2.03 bits per heavy atom. The Hall–Kier alpha value is -1.80. The van der Waals surface area contributed by atoms with Gasteiger partial charge in [0.05, 0.1) is 10.6 Å². The number of amides is 1. The molecule has 1 aliphatic rings. The molecule has 4 nitrogen and oxygen atoms in total. The fourth-order valence-corrected chi connectivity index (χ4v) is 4.35. The Kier molecular flexibility index (Phi) is 6.39. The van der Waals surface area contributed by atoms with Gasteiger partial charge in [-0.05, 0) is 93.2 Å². The first kappa shape index (κ1) is 22.9. The summed E-state index contributed by atoms with van der Waals surface area (Å²) in [5, 5.41) is 14.3. The SMILES string of the molecule is CC(C)(C)c1cc(/C=C2/SC(=Nc3ccc(I)cc3)NC2=O)cc(C(C)(C)C)c1O. The van der Waals surface area contributed by atoms with Gasteiger partial charge in [0.1, 0.15) is 5.75 Å². The molecular weight excluding hydrogens is 507 g/mol. The summed E-state index contributed by atoms with van der Waals surface area (Å²) in [7, 11) is 0. The fourth-order valence-electron chi connectivity index (χ4n) is 3.15. The van der Waals surface area contributed by atoms with E-state index in [9.17, 15) is 9.90 Å². The van der Waals surface area contributed by atoms with E-state index >= 15 is 0 Å². The lowest BCUT2D eigenvalue weighted by Crippen LogP contribution is -2.19. The molecule has 0 radical (unpaired) electrons. The highest BCUT2D eigenvalue weighted by Crippen LogP contribution is 2.40. The number of rotatable bonds is 2. The number of benzene rings is 2. The third kappa shape index (κ3) is 5.27. The number of hydrogen-bond acceptors (Lipinski definition) is 4. The van der Waals surface area contributed by atoms with Crippen molar-refractivity contribution in [3.05, 3.63) is 61.6 Å². The van der Waals surface area contributed by atoms with Crippen LogP contribution in [0.2, 0.25) is 0 Å². The van der Waals surface area contributed by atoms with Crippen molar-refractivity contribution in [3.8, 4) is 5.75 Å². The smallest absolute Gasteiger partial charge is 0.264 e. The number of halogens is 1. The van der Waals surface area contributed by atoms with Gasteiger partial charge < -0.3 is 10.4 Å². The molecule has 6 heteroatoms. The molecule has 3 rings (SSSR count). The van der Waals surface area contributed by atoms with Crippen LogP contribution in [0.4, 0.5) is 5.69 Å². The maximum atomic E-state index is 12.5. The van der Waals surface area contributed by atoms with Gasteiger partial charge in [0.2, 0.25) is 0 Å². The molecule has 158 valence electrons. The Bertz CT molecular complexity index is 1010. The summed E-state index contributed by atoms with van der Waals surface area (Å²) in [5.74, 6) is 0.175. The number of carbonyl (C=O) groups excluding carboxylic acids is 1. The Morgan fingerprint density at radius 1 is 1.00 bits per heavy atom. The van der Waals surface area contributed by atoms with E-state index in [0.29, 0.717) is 15.8 Å². The van der Waals surface area contributed by atoms with E-state index in [2.05, 4.69) is 74.4 Å². The van der Waals surface area contributed by atoms with Gasteiger partial charge in [-0.25, -0.2) is 4.99 Å². The van der Waals surface area contributed by atoms with Gasteiger partial charge in [-0.2, -0.15) is 0 Å². The summed E-state index contributed by atoms with van der Waals surface area (Å²) in [6.45, 7) is 12.5. The molecule has 2 aromatic carbocycles. The van der Waals surface area contributed by atoms with Crippen LogP contribution in [-0.4, -0.2) is 16.2 Å². The van der Waals surface area contributed by atoms with Crippen LogP contribution in [0, 0.1) is 3.57 Å². The van der Waals surface area contributed by atoms with Gasteiger partial charge in [0, 0.05) is 14.7 Å². The highest BCUT2D eigenvalue weighted by Gasteiger charge is 2.28. The van der Waals surface area contributed by atoms with Crippen LogP contribution in [0.3, 0.4) is 0 Å². The van der Waals surface area contributed by atoms with E-state index in [0.717, 1.165) is 25.9 Å². The van der Waals surface area contributed by atoms with Crippen LogP contribution in [0.15, 0.2) is 46.3 Å². The van der Waals surface area contributed by atoms with Gasteiger partial charge in [-0.1, -0.05) is 41.5 Å². The molecule has 2 aromatic rings. The van der Waals surface area contributed by atoms with Crippen molar-refractivity contribution in [1.82, 2.24) is 5.32 Å². The van der Waals surface area contributed by atoms with Crippen LogP contribution in [0.5, 0.6) is 5.75 Å². The molecule has 1 amide bonds. The summed E-state index contributed by atoms with van der Waals surface area (Å²) in [5.41, 5.74) is 3.00. The standard InChI is InChI=1S/C24H27IN2O2S/c1-23(2,3)17-11-14(12-18(20(17)28)24(4,5)6)13-19-21(29)27-22(30-19)26-16-9-7-15(25)8-10-16/h7-13,28H,1-6H3,(H,26,27,29)/b19-13+. The monoisotopic (exact) mass is 534 g/mol. The zero-order valence-electron chi connectivity index (χ0n) is 18.1. The van der Waals surface area contributed by atoms with Crippen molar-refractivity contribution in [2.45, 2.75) is 52.4 Å². The fraction of sp³-hybridized carbons (Fsp3) is 0.333. The van der Waals surface area contributed by atoms with Crippen molar-refractivity contribution in [2.24, 2.45) is 4.99 Å². The largest absolute Gasteiger partial charge is 0.507 e. The summed E-state index contributed by atoms with van der Waals surface area (Å²) < 4.78 is 1.14. The van der Waals surface area contributed by atoms with Gasteiger partial charge in [-0.15, -0.1) is 0 Å². The van der Waals surface area contributed by atoms with E-state index < -0.39 is 0 Å². The minimum Gasteiger partial charge on any atom is -0.507 e.